The van der Waals surface area contributed by atoms with Crippen molar-refractivity contribution in [3.05, 3.63) is 220 Å². The van der Waals surface area contributed by atoms with Crippen molar-refractivity contribution in [2.24, 2.45) is 22.7 Å². The van der Waals surface area contributed by atoms with Gasteiger partial charge >= 0.3 is 0 Å². The van der Waals surface area contributed by atoms with Gasteiger partial charge in [0, 0.05) is 138 Å². The number of anilines is 16. The number of nitriles is 4. The van der Waals surface area contributed by atoms with E-state index in [4.69, 9.17) is 67.5 Å². The van der Waals surface area contributed by atoms with Gasteiger partial charge in [-0.3, -0.25) is 0 Å². The molecule has 4 aromatic carbocycles. The second kappa shape index (κ2) is 45.4. The van der Waals surface area contributed by atoms with Crippen LogP contribution < -0.4 is 62.1 Å². The molecule has 0 spiro atoms. The predicted octanol–water partition coefficient (Wildman–Crippen LogP) is 19.6. The van der Waals surface area contributed by atoms with Gasteiger partial charge in [-0.15, -0.1) is 25.5 Å². The molecule has 12 aromatic heterocycles. The third kappa shape index (κ3) is 26.2. The lowest BCUT2D eigenvalue weighted by molar-refractivity contribution is 0.327. The molecule has 1 saturated carbocycles. The first-order chi connectivity index (χ1) is 70.7. The molecule has 5 fully saturated rings. The first-order valence-electron chi connectivity index (χ1n) is 48.8. The van der Waals surface area contributed by atoms with Gasteiger partial charge in [0.15, 0.2) is 46.3 Å². The Morgan fingerprint density at radius 2 is 0.678 bits per heavy atom. The summed E-state index contributed by atoms with van der Waals surface area (Å²) in [7, 11) is 0. The lowest BCUT2D eigenvalue weighted by Gasteiger charge is -2.33. The van der Waals surface area contributed by atoms with Gasteiger partial charge in [0.1, 0.15) is 61.5 Å². The monoisotopic (exact) mass is 2030 g/mol. The molecule has 4 saturated heterocycles. The van der Waals surface area contributed by atoms with Crippen LogP contribution in [0, 0.1) is 68.0 Å². The molecule has 0 amide bonds. The van der Waals surface area contributed by atoms with Gasteiger partial charge in [0.05, 0.1) is 93.5 Å². The molecule has 16 aromatic rings. The third-order valence-corrected chi connectivity index (χ3v) is 26.4. The fraction of sp³-hybridized carbons (Fsp3) is 0.369. The fourth-order valence-corrected chi connectivity index (χ4v) is 18.3. The topological polar surface area (TPSA) is 469 Å². The van der Waals surface area contributed by atoms with E-state index in [9.17, 15) is 0 Å². The zero-order valence-electron chi connectivity index (χ0n) is 82.1. The maximum Gasteiger partial charge on any atom is 0.229 e. The van der Waals surface area contributed by atoms with Crippen LogP contribution in [0.3, 0.4) is 0 Å². The van der Waals surface area contributed by atoms with Gasteiger partial charge in [-0.1, -0.05) is 107 Å². The summed E-state index contributed by atoms with van der Waals surface area (Å²) in [6.45, 7) is 27.9. The first-order valence-corrected chi connectivity index (χ1v) is 50.3. The summed E-state index contributed by atoms with van der Waals surface area (Å²) in [5.74, 6) is 9.00. The quantitative estimate of drug-likeness (QED) is 0.0250. The second-order valence-electron chi connectivity index (χ2n) is 39.7. The average molecular weight is 2040 g/mol. The van der Waals surface area contributed by atoms with Gasteiger partial charge in [-0.25, -0.2) is 49.5 Å². The van der Waals surface area contributed by atoms with Crippen molar-refractivity contribution in [1.29, 1.82) is 21.0 Å². The van der Waals surface area contributed by atoms with Crippen LogP contribution >= 0.6 is 46.4 Å². The highest BCUT2D eigenvalue weighted by Gasteiger charge is 2.30. The standard InChI is InChI=1S/C27H30ClN9.C26H28ClN9.C25H28ClN11.C25H25ClN10/c1-27(2,3)16-37-17-32-22-12-20(5-6-23(22)37)34-26-31-15-21(28)25(35-26)33-19-8-10-36(11-9-19)24-7-4-18(13-29)14-30-24;1-17(2)15-36-16-31-22-11-20(4-5-23(22)36)33-26-30-14-21(27)25(34-26)32-19-7-9-35(10-8-19)24-6-3-18(12-28)13-29-24;1-25(2,3)15-37-21-6-4-17(12-20(21)33-35-37)30-24-28-14-19(26)23(31-24)29-16-8-10-36(11-9-16)22-7-5-18(13-27)32-34-22;26-20-13-28-25(31-18-3-5-22-21(11-18)29-15-36(22)14-16-1-2-16)32-24(20)30-17-7-9-35(10-8-17)23-6-4-19(12-27)33-34-23/h4-7,12,14-15,17,19H,8-11,16H2,1-3H3,(H2,31,33,34,35);3-6,11,13-14,16-17,19H,7-10,15H2,1-2H3,(H2,30,32,33,34);4-7,12,14,16H,8-11,15H2,1-3H3,(H2,28,29,30,31);3-6,11,13,15-17H,1-2,7-10,14H2,(H2,28,30,31,32). The van der Waals surface area contributed by atoms with E-state index in [1.165, 1.54) is 12.8 Å². The van der Waals surface area contributed by atoms with Gasteiger partial charge < -0.3 is 75.8 Å². The Balaban J connectivity index is 0.000000128. The summed E-state index contributed by atoms with van der Waals surface area (Å²) in [4.78, 5) is 67.3. The minimum atomic E-state index is 0.104. The Morgan fingerprint density at radius 3 is 1.01 bits per heavy atom. The Kier molecular flexibility index (Phi) is 31.2. The molecule has 746 valence electrons. The zero-order chi connectivity index (χ0) is 102. The van der Waals surface area contributed by atoms with E-state index in [1.54, 1.807) is 61.4 Å². The largest absolute Gasteiger partial charge is 0.366 e. The van der Waals surface area contributed by atoms with Crippen LogP contribution in [0.5, 0.6) is 0 Å². The molecule has 4 aliphatic heterocycles. The zero-order valence-corrected chi connectivity index (χ0v) is 85.2. The number of nitrogens with zero attached hydrogens (tertiary/aromatic N) is 31. The molecule has 0 radical (unpaired) electrons. The van der Waals surface area contributed by atoms with Crippen molar-refractivity contribution in [2.75, 3.05) is 114 Å². The maximum atomic E-state index is 8.97. The predicted molar refractivity (Wildman–Crippen MR) is 571 cm³/mol. The van der Waals surface area contributed by atoms with Crippen LogP contribution in [0.25, 0.3) is 44.1 Å². The second-order valence-corrected chi connectivity index (χ2v) is 41.3. The smallest absolute Gasteiger partial charge is 0.229 e. The summed E-state index contributed by atoms with van der Waals surface area (Å²) in [5.41, 5.74) is 13.4. The number of piperidine rings is 4. The van der Waals surface area contributed by atoms with Gasteiger partial charge in [-0.05, 0) is 208 Å². The molecule has 16 heterocycles. The molecule has 5 aliphatic rings. The van der Waals surface area contributed by atoms with Crippen molar-refractivity contribution < 1.29 is 0 Å². The summed E-state index contributed by atoms with van der Waals surface area (Å²) in [6, 6.07) is 47.8. The Labute approximate surface area is 864 Å². The molecule has 39 nitrogen and oxygen atoms in total. The molecule has 21 rings (SSSR count). The van der Waals surface area contributed by atoms with Crippen LogP contribution in [0.1, 0.15) is 142 Å². The third-order valence-electron chi connectivity index (χ3n) is 25.3. The summed E-state index contributed by atoms with van der Waals surface area (Å²) >= 11 is 25.7. The molecule has 0 unspecified atom stereocenters. The molecule has 1 aliphatic carbocycles. The van der Waals surface area contributed by atoms with Crippen molar-refractivity contribution in [3.63, 3.8) is 0 Å². The van der Waals surface area contributed by atoms with Crippen LogP contribution in [0.15, 0.2) is 177 Å². The SMILES string of the molecule is CC(C)(C)Cn1cnc2cc(Nc3ncc(Cl)c(NC4CCN(c5ccc(C#N)cn5)CC4)n3)ccc21.CC(C)(C)Cn1nnc2cc(Nc3ncc(Cl)c(NC4CCN(c5ccc(C#N)nn5)CC4)n3)ccc21.CC(C)Cn1cnc2cc(Nc3ncc(Cl)c(NC4CCN(c5ccc(C#N)cn5)CC4)n3)ccc21.N#Cc1ccc(N2CCC(Nc3nc(Nc4ccc5c(c4)ncn5CC4CC4)ncc3Cl)CC2)nn1. The van der Waals surface area contributed by atoms with Crippen molar-refractivity contribution in [2.45, 2.75) is 170 Å². The molecule has 8 N–H and O–H groups in total. The molecule has 0 atom stereocenters. The Hall–Kier alpha value is -15.8. The number of hydrogen-bond donors (Lipinski definition) is 8. The fourth-order valence-electron chi connectivity index (χ4n) is 17.7. The van der Waals surface area contributed by atoms with E-state index in [-0.39, 0.29) is 35.0 Å². The number of nitrogens with one attached hydrogen (secondary N) is 8. The number of pyridine rings is 2. The number of benzene rings is 4. The molecular weight excluding hydrogens is 1930 g/mol. The normalized spacial score (nSPS) is 14.9. The van der Waals surface area contributed by atoms with E-state index in [0.717, 1.165) is 226 Å². The molecule has 43 heteroatoms. The van der Waals surface area contributed by atoms with E-state index in [2.05, 4.69) is 257 Å². The highest BCUT2D eigenvalue weighted by atomic mass is 35.5. The van der Waals surface area contributed by atoms with Crippen molar-refractivity contribution >= 4 is 184 Å². The number of halogens is 4. The Bertz CT molecular complexity index is 6970. The summed E-state index contributed by atoms with van der Waals surface area (Å²) in [6.07, 6.45) is 25.2. The minimum absolute atomic E-state index is 0.104. The van der Waals surface area contributed by atoms with Gasteiger partial charge in [0.25, 0.3) is 0 Å². The lowest BCUT2D eigenvalue weighted by atomic mass is 9.97. The summed E-state index contributed by atoms with van der Waals surface area (Å²) in [5, 5.41) is 89.5. The van der Waals surface area contributed by atoms with E-state index < -0.39 is 0 Å². The van der Waals surface area contributed by atoms with Gasteiger partial charge in [-0.2, -0.15) is 41.0 Å². The number of rotatable bonds is 26. The number of aromatic nitrogens is 23. The molecular formula is C103H111Cl4N39. The van der Waals surface area contributed by atoms with E-state index in [0.29, 0.717) is 95.6 Å². The number of hydrogen-bond acceptors (Lipinski definition) is 35. The van der Waals surface area contributed by atoms with Crippen LogP contribution in [0.2, 0.25) is 20.1 Å². The van der Waals surface area contributed by atoms with Crippen LogP contribution in [-0.2, 0) is 26.2 Å². The average Bonchev–Trinajstić information content (AvgIpc) is 1.64. The van der Waals surface area contributed by atoms with Crippen LogP contribution in [0.4, 0.5) is 93.1 Å². The van der Waals surface area contributed by atoms with Crippen molar-refractivity contribution in [3.8, 4) is 24.3 Å². The molecule has 146 heavy (non-hydrogen) atoms. The lowest BCUT2D eigenvalue weighted by Crippen LogP contribution is -2.39. The van der Waals surface area contributed by atoms with Gasteiger partial charge in [0.2, 0.25) is 23.8 Å². The molecule has 0 bridgehead atoms. The maximum absolute atomic E-state index is 8.97. The first kappa shape index (κ1) is 100. The van der Waals surface area contributed by atoms with Crippen LogP contribution in [-0.4, -0.2) is 190 Å². The summed E-state index contributed by atoms with van der Waals surface area (Å²) < 4.78 is 8.52. The number of imidazole rings is 3. The number of fused-ring (bicyclic) bond motifs is 4. The van der Waals surface area contributed by atoms with Crippen molar-refractivity contribution in [1.82, 2.24) is 114 Å². The highest BCUT2D eigenvalue weighted by Crippen LogP contribution is 2.37. The van der Waals surface area contributed by atoms with E-state index in [1.807, 2.05) is 115 Å². The van der Waals surface area contributed by atoms with E-state index >= 15 is 0 Å². The minimum Gasteiger partial charge on any atom is -0.366 e. The Morgan fingerprint density at radius 1 is 0.342 bits per heavy atom. The highest BCUT2D eigenvalue weighted by molar-refractivity contribution is 6.34.